The van der Waals surface area contributed by atoms with Crippen molar-refractivity contribution in [3.8, 4) is 17.2 Å². The van der Waals surface area contributed by atoms with Gasteiger partial charge in [-0.1, -0.05) is 0 Å². The van der Waals surface area contributed by atoms with Gasteiger partial charge in [-0.3, -0.25) is 4.79 Å². The number of methoxy groups -OCH3 is 3. The molecule has 0 saturated heterocycles. The first-order valence-electron chi connectivity index (χ1n) is 8.41. The van der Waals surface area contributed by atoms with Gasteiger partial charge in [-0.05, 0) is 37.2 Å². The number of nitrogens with two attached hydrogens (primary N) is 1. The first kappa shape index (κ1) is 16.9. The van der Waals surface area contributed by atoms with Crippen LogP contribution in [0.5, 0.6) is 17.2 Å². The molecular formula is C18H26N2O4. The highest BCUT2D eigenvalue weighted by atomic mass is 16.5. The first-order chi connectivity index (χ1) is 11.6. The third kappa shape index (κ3) is 2.90. The van der Waals surface area contributed by atoms with Crippen LogP contribution in [0.1, 0.15) is 24.8 Å². The van der Waals surface area contributed by atoms with Crippen molar-refractivity contribution in [2.24, 2.45) is 23.5 Å². The number of nitrogens with one attached hydrogen (secondary N) is 1. The van der Waals surface area contributed by atoms with Gasteiger partial charge in [-0.15, -0.1) is 0 Å². The maximum Gasteiger partial charge on any atom is 0.225 e. The van der Waals surface area contributed by atoms with E-state index in [1.54, 1.807) is 27.4 Å². The minimum Gasteiger partial charge on any atom is -0.496 e. The molecular weight excluding hydrogens is 308 g/mol. The number of rotatable bonds is 6. The first-order valence-corrected chi connectivity index (χ1v) is 8.41. The molecule has 24 heavy (non-hydrogen) atoms. The van der Waals surface area contributed by atoms with Crippen molar-refractivity contribution < 1.29 is 19.0 Å². The minimum atomic E-state index is -0.0603. The van der Waals surface area contributed by atoms with Crippen LogP contribution >= 0.6 is 0 Å². The van der Waals surface area contributed by atoms with Crippen molar-refractivity contribution in [3.05, 3.63) is 17.7 Å². The van der Waals surface area contributed by atoms with Crippen molar-refractivity contribution in [2.45, 2.75) is 31.8 Å². The van der Waals surface area contributed by atoms with Crippen LogP contribution in [0.2, 0.25) is 0 Å². The summed E-state index contributed by atoms with van der Waals surface area (Å²) >= 11 is 0. The van der Waals surface area contributed by atoms with Crippen LogP contribution in [0.3, 0.4) is 0 Å². The van der Waals surface area contributed by atoms with Gasteiger partial charge >= 0.3 is 0 Å². The van der Waals surface area contributed by atoms with Crippen molar-refractivity contribution in [1.29, 1.82) is 0 Å². The number of benzene rings is 1. The van der Waals surface area contributed by atoms with Crippen molar-refractivity contribution >= 4 is 5.91 Å². The molecule has 132 valence electrons. The number of ether oxygens (including phenoxy) is 3. The summed E-state index contributed by atoms with van der Waals surface area (Å²) in [5, 5.41) is 3.02. The van der Waals surface area contributed by atoms with Gasteiger partial charge in [0.05, 0.1) is 27.2 Å². The fourth-order valence-electron chi connectivity index (χ4n) is 4.26. The lowest BCUT2D eigenvalue weighted by Gasteiger charge is -2.27. The van der Waals surface area contributed by atoms with Crippen molar-refractivity contribution in [1.82, 2.24) is 5.32 Å². The molecule has 2 aliphatic carbocycles. The highest BCUT2D eigenvalue weighted by Crippen LogP contribution is 2.47. The van der Waals surface area contributed by atoms with E-state index < -0.39 is 0 Å². The van der Waals surface area contributed by atoms with Crippen molar-refractivity contribution in [2.75, 3.05) is 21.3 Å². The molecule has 2 saturated carbocycles. The fourth-order valence-corrected chi connectivity index (χ4v) is 4.26. The van der Waals surface area contributed by atoms with Crippen LogP contribution in [0.25, 0.3) is 0 Å². The van der Waals surface area contributed by atoms with Gasteiger partial charge in [-0.25, -0.2) is 0 Å². The molecule has 6 nitrogen and oxygen atoms in total. The van der Waals surface area contributed by atoms with E-state index in [2.05, 4.69) is 5.32 Å². The molecule has 0 radical (unpaired) electrons. The van der Waals surface area contributed by atoms with E-state index >= 15 is 0 Å². The molecule has 3 rings (SSSR count). The zero-order valence-corrected chi connectivity index (χ0v) is 14.5. The predicted molar refractivity (Wildman–Crippen MR) is 90.2 cm³/mol. The lowest BCUT2D eigenvalue weighted by Crippen LogP contribution is -2.45. The quantitative estimate of drug-likeness (QED) is 0.827. The zero-order chi connectivity index (χ0) is 17.3. The molecule has 0 aliphatic heterocycles. The van der Waals surface area contributed by atoms with Crippen LogP contribution in [0.15, 0.2) is 12.1 Å². The molecule has 4 unspecified atom stereocenters. The van der Waals surface area contributed by atoms with E-state index in [1.165, 1.54) is 6.42 Å². The Morgan fingerprint density at radius 1 is 1.08 bits per heavy atom. The van der Waals surface area contributed by atoms with Gasteiger partial charge in [0, 0.05) is 24.2 Å². The highest BCUT2D eigenvalue weighted by Gasteiger charge is 2.48. The molecule has 1 aromatic carbocycles. The summed E-state index contributed by atoms with van der Waals surface area (Å²) in [7, 11) is 4.76. The second-order valence-corrected chi connectivity index (χ2v) is 6.67. The SMILES string of the molecule is COc1cc(OC)c(OC)cc1CNC(=O)C1C2CCC(C2)C1N. The molecule has 0 aromatic heterocycles. The molecule has 2 fully saturated rings. The Morgan fingerprint density at radius 3 is 2.29 bits per heavy atom. The van der Waals surface area contributed by atoms with Crippen molar-refractivity contribution in [3.63, 3.8) is 0 Å². The second kappa shape index (κ2) is 6.89. The molecule has 0 spiro atoms. The van der Waals surface area contributed by atoms with E-state index in [-0.39, 0.29) is 17.9 Å². The Hall–Kier alpha value is -1.95. The van der Waals surface area contributed by atoms with Gasteiger partial charge in [0.15, 0.2) is 11.5 Å². The summed E-state index contributed by atoms with van der Waals surface area (Å²) < 4.78 is 16.0. The average molecular weight is 334 g/mol. The van der Waals surface area contributed by atoms with Crippen LogP contribution in [0.4, 0.5) is 0 Å². The molecule has 2 aliphatic rings. The number of hydrogen-bond donors (Lipinski definition) is 2. The Bertz CT molecular complexity index is 617. The molecule has 4 atom stereocenters. The van der Waals surface area contributed by atoms with E-state index in [4.69, 9.17) is 19.9 Å². The smallest absolute Gasteiger partial charge is 0.225 e. The fraction of sp³-hybridized carbons (Fsp3) is 0.611. The van der Waals surface area contributed by atoms with Gasteiger partial charge < -0.3 is 25.3 Å². The summed E-state index contributed by atoms with van der Waals surface area (Å²) in [4.78, 5) is 12.6. The van der Waals surface area contributed by atoms with Gasteiger partial charge in [0.25, 0.3) is 0 Å². The minimum absolute atomic E-state index is 0.00366. The van der Waals surface area contributed by atoms with Gasteiger partial charge in [0.1, 0.15) is 5.75 Å². The molecule has 0 heterocycles. The molecule has 1 aromatic rings. The number of amides is 1. The van der Waals surface area contributed by atoms with Crippen LogP contribution in [-0.4, -0.2) is 33.3 Å². The number of fused-ring (bicyclic) bond motifs is 2. The molecule has 6 heteroatoms. The summed E-state index contributed by atoms with van der Waals surface area (Å²) in [6, 6.07) is 3.60. The topological polar surface area (TPSA) is 82.8 Å². The lowest BCUT2D eigenvalue weighted by molar-refractivity contribution is -0.127. The number of hydrogen-bond acceptors (Lipinski definition) is 5. The molecule has 2 bridgehead atoms. The van der Waals surface area contributed by atoms with E-state index in [9.17, 15) is 4.79 Å². The van der Waals surface area contributed by atoms with Crippen LogP contribution < -0.4 is 25.3 Å². The maximum absolute atomic E-state index is 12.6. The Morgan fingerprint density at radius 2 is 1.71 bits per heavy atom. The summed E-state index contributed by atoms with van der Waals surface area (Å²) in [5.41, 5.74) is 7.10. The number of carbonyl (C=O) groups is 1. The summed E-state index contributed by atoms with van der Waals surface area (Å²) in [5.74, 6) is 2.81. The normalized spacial score (nSPS) is 27.8. The van der Waals surface area contributed by atoms with E-state index in [0.29, 0.717) is 35.6 Å². The third-order valence-electron chi connectivity index (χ3n) is 5.52. The Labute approximate surface area is 142 Å². The zero-order valence-electron chi connectivity index (χ0n) is 14.5. The number of carbonyl (C=O) groups excluding carboxylic acids is 1. The largest absolute Gasteiger partial charge is 0.496 e. The lowest BCUT2D eigenvalue weighted by atomic mass is 9.84. The third-order valence-corrected chi connectivity index (χ3v) is 5.52. The molecule has 3 N–H and O–H groups in total. The summed E-state index contributed by atoms with van der Waals surface area (Å²) in [6.45, 7) is 0.378. The van der Waals surface area contributed by atoms with Crippen LogP contribution in [0, 0.1) is 17.8 Å². The van der Waals surface area contributed by atoms with E-state index in [1.807, 2.05) is 6.07 Å². The second-order valence-electron chi connectivity index (χ2n) is 6.67. The van der Waals surface area contributed by atoms with Gasteiger partial charge in [-0.2, -0.15) is 0 Å². The monoisotopic (exact) mass is 334 g/mol. The maximum atomic E-state index is 12.6. The summed E-state index contributed by atoms with van der Waals surface area (Å²) in [6.07, 6.45) is 3.38. The highest BCUT2D eigenvalue weighted by molar-refractivity contribution is 5.80. The standard InChI is InChI=1S/C18H26N2O4/c1-22-13-8-15(24-3)14(23-2)7-12(13)9-20-18(21)16-10-4-5-11(6-10)17(16)19/h7-8,10-11,16-17H,4-6,9,19H2,1-3H3,(H,20,21). The van der Waals surface area contributed by atoms with Gasteiger partial charge in [0.2, 0.25) is 5.91 Å². The van der Waals surface area contributed by atoms with E-state index in [0.717, 1.165) is 18.4 Å². The molecule has 1 amide bonds. The Kier molecular flexibility index (Phi) is 4.85. The predicted octanol–water partition coefficient (Wildman–Crippen LogP) is 1.70. The Balaban J connectivity index is 1.71. The van der Waals surface area contributed by atoms with Crippen LogP contribution in [-0.2, 0) is 11.3 Å². The average Bonchev–Trinajstić information content (AvgIpc) is 3.19.